The van der Waals surface area contributed by atoms with Crippen LogP contribution in [0.25, 0.3) is 0 Å². The largest absolute Gasteiger partial charge is 0.454 e. The molecule has 0 aliphatic heterocycles. The van der Waals surface area contributed by atoms with Gasteiger partial charge < -0.3 is 19.2 Å². The highest BCUT2D eigenvalue weighted by Gasteiger charge is 2.18. The van der Waals surface area contributed by atoms with Crippen molar-refractivity contribution < 1.29 is 9.21 Å². The number of amides is 1. The zero-order valence-electron chi connectivity index (χ0n) is 14.7. The van der Waals surface area contributed by atoms with Crippen molar-refractivity contribution in [2.75, 3.05) is 20.6 Å². The first-order valence-corrected chi connectivity index (χ1v) is 9.20. The molecule has 0 unspecified atom stereocenters. The number of rotatable bonds is 7. The monoisotopic (exact) mass is 371 g/mol. The number of hydrogen-bond acceptors (Lipinski definition) is 5. The molecule has 1 N–H and O–H groups in total. The summed E-state index contributed by atoms with van der Waals surface area (Å²) in [7, 11) is 3.97. The fourth-order valence-corrected chi connectivity index (χ4v) is 3.39. The van der Waals surface area contributed by atoms with Crippen LogP contribution in [0.15, 0.2) is 62.6 Å². The number of nitrogens with zero attached hydrogens (tertiary/aromatic N) is 2. The zero-order valence-corrected chi connectivity index (χ0v) is 15.5. The minimum Gasteiger partial charge on any atom is -0.454 e. The Hall–Kier alpha value is -2.64. The van der Waals surface area contributed by atoms with E-state index in [-0.39, 0.29) is 23.3 Å². The number of pyridine rings is 1. The van der Waals surface area contributed by atoms with Crippen LogP contribution in [0, 0.1) is 0 Å². The molecule has 0 fully saturated rings. The van der Waals surface area contributed by atoms with Gasteiger partial charge in [-0.1, -0.05) is 6.07 Å². The van der Waals surface area contributed by atoms with Crippen LogP contribution in [-0.2, 0) is 6.54 Å². The summed E-state index contributed by atoms with van der Waals surface area (Å²) in [5.41, 5.74) is 1.06. The van der Waals surface area contributed by atoms with E-state index in [1.165, 1.54) is 16.2 Å². The third kappa shape index (κ3) is 4.30. The van der Waals surface area contributed by atoms with Gasteiger partial charge in [0, 0.05) is 18.8 Å². The normalized spacial score (nSPS) is 12.3. The average Bonchev–Trinajstić information content (AvgIpc) is 3.29. The van der Waals surface area contributed by atoms with E-state index in [1.807, 2.05) is 19.5 Å². The van der Waals surface area contributed by atoms with E-state index in [0.29, 0.717) is 18.8 Å². The Balaban J connectivity index is 1.63. The number of furan rings is 1. The van der Waals surface area contributed by atoms with E-state index in [9.17, 15) is 9.59 Å². The van der Waals surface area contributed by atoms with Crippen LogP contribution in [-0.4, -0.2) is 36.0 Å². The molecule has 0 aliphatic carbocycles. The van der Waals surface area contributed by atoms with Gasteiger partial charge in [0.2, 0.25) is 0 Å². The molecule has 3 heterocycles. The fraction of sp³-hybridized carbons (Fsp3) is 0.263. The predicted molar refractivity (Wildman–Crippen MR) is 102 cm³/mol. The first kappa shape index (κ1) is 18.2. The molecule has 0 aliphatic rings. The van der Waals surface area contributed by atoms with Crippen LogP contribution in [0.4, 0.5) is 0 Å². The number of nitrogens with one attached hydrogen (secondary N) is 1. The summed E-state index contributed by atoms with van der Waals surface area (Å²) in [6, 6.07) is 10.5. The Kier molecular flexibility index (Phi) is 5.70. The molecular weight excluding hydrogens is 350 g/mol. The van der Waals surface area contributed by atoms with Gasteiger partial charge in [-0.2, -0.15) is 11.3 Å². The SMILES string of the molecule is CN(C)[C@@H](CNC(=O)c1ccc(Cn2ccccc2=O)o1)c1ccsc1. The van der Waals surface area contributed by atoms with Gasteiger partial charge in [0.05, 0.1) is 12.6 Å². The molecule has 7 heteroatoms. The summed E-state index contributed by atoms with van der Waals surface area (Å²) in [4.78, 5) is 26.2. The van der Waals surface area contributed by atoms with Crippen molar-refractivity contribution in [2.45, 2.75) is 12.6 Å². The highest BCUT2D eigenvalue weighted by molar-refractivity contribution is 7.07. The molecule has 1 amide bonds. The molecule has 0 saturated heterocycles. The van der Waals surface area contributed by atoms with Gasteiger partial charge in [-0.05, 0) is 54.7 Å². The first-order chi connectivity index (χ1) is 12.5. The Morgan fingerprint density at radius 1 is 1.27 bits per heavy atom. The van der Waals surface area contributed by atoms with Crippen LogP contribution in [0.5, 0.6) is 0 Å². The maximum Gasteiger partial charge on any atom is 0.287 e. The van der Waals surface area contributed by atoms with Gasteiger partial charge in [-0.3, -0.25) is 9.59 Å². The van der Waals surface area contributed by atoms with Crippen LogP contribution >= 0.6 is 11.3 Å². The van der Waals surface area contributed by atoms with Gasteiger partial charge >= 0.3 is 0 Å². The minimum atomic E-state index is -0.265. The second-order valence-corrected chi connectivity index (χ2v) is 6.96. The summed E-state index contributed by atoms with van der Waals surface area (Å²) in [6.45, 7) is 0.777. The fourth-order valence-electron chi connectivity index (χ4n) is 2.68. The maximum absolute atomic E-state index is 12.4. The molecule has 0 aromatic carbocycles. The summed E-state index contributed by atoms with van der Waals surface area (Å²) < 4.78 is 7.13. The quantitative estimate of drug-likeness (QED) is 0.693. The Morgan fingerprint density at radius 2 is 2.12 bits per heavy atom. The highest BCUT2D eigenvalue weighted by atomic mass is 32.1. The first-order valence-electron chi connectivity index (χ1n) is 8.25. The van der Waals surface area contributed by atoms with Crippen LogP contribution < -0.4 is 10.9 Å². The molecule has 26 heavy (non-hydrogen) atoms. The van der Waals surface area contributed by atoms with Crippen molar-refractivity contribution in [1.82, 2.24) is 14.8 Å². The third-order valence-corrected chi connectivity index (χ3v) is 4.82. The molecule has 0 bridgehead atoms. The average molecular weight is 371 g/mol. The lowest BCUT2D eigenvalue weighted by Gasteiger charge is -2.23. The van der Waals surface area contributed by atoms with Gasteiger partial charge in [0.1, 0.15) is 5.76 Å². The summed E-state index contributed by atoms with van der Waals surface area (Å²) in [5.74, 6) is 0.538. The van der Waals surface area contributed by atoms with E-state index >= 15 is 0 Å². The molecule has 1 atom stereocenters. The molecule has 3 rings (SSSR count). The maximum atomic E-state index is 12.4. The molecule has 0 radical (unpaired) electrons. The number of carbonyl (C=O) groups excluding carboxylic acids is 1. The molecule has 3 aromatic rings. The molecule has 0 saturated carbocycles. The number of hydrogen-bond donors (Lipinski definition) is 1. The second-order valence-electron chi connectivity index (χ2n) is 6.18. The van der Waals surface area contributed by atoms with E-state index in [1.54, 1.807) is 41.8 Å². The second kappa shape index (κ2) is 8.16. The topological polar surface area (TPSA) is 67.5 Å². The standard InChI is InChI=1S/C19H21N3O3S/c1-21(2)16(14-8-10-26-13-14)11-20-19(24)17-7-6-15(25-17)12-22-9-4-3-5-18(22)23/h3-10,13,16H,11-12H2,1-2H3,(H,20,24)/t16-/m0/s1. The lowest BCUT2D eigenvalue weighted by atomic mass is 10.1. The van der Waals surface area contributed by atoms with Crippen molar-refractivity contribution >= 4 is 17.2 Å². The van der Waals surface area contributed by atoms with E-state index in [4.69, 9.17) is 4.42 Å². The number of aromatic nitrogens is 1. The van der Waals surface area contributed by atoms with Crippen molar-refractivity contribution in [3.05, 3.63) is 80.8 Å². The third-order valence-electron chi connectivity index (χ3n) is 4.12. The number of thiophene rings is 1. The predicted octanol–water partition coefficient (Wildman–Crippen LogP) is 2.58. The van der Waals surface area contributed by atoms with Gasteiger partial charge in [-0.15, -0.1) is 0 Å². The van der Waals surface area contributed by atoms with Gasteiger partial charge in [0.15, 0.2) is 5.76 Å². The van der Waals surface area contributed by atoms with Crippen LogP contribution in [0.2, 0.25) is 0 Å². The summed E-state index contributed by atoms with van der Waals surface area (Å²) in [5, 5.41) is 7.03. The van der Waals surface area contributed by atoms with E-state index < -0.39 is 0 Å². The Bertz CT molecular complexity index is 912. The van der Waals surface area contributed by atoms with Crippen molar-refractivity contribution in [3.63, 3.8) is 0 Å². The zero-order chi connectivity index (χ0) is 18.5. The van der Waals surface area contributed by atoms with Crippen molar-refractivity contribution in [1.29, 1.82) is 0 Å². The molecule has 3 aromatic heterocycles. The molecule has 136 valence electrons. The Morgan fingerprint density at radius 3 is 2.81 bits per heavy atom. The van der Waals surface area contributed by atoms with E-state index in [0.717, 1.165) is 0 Å². The summed E-state index contributed by atoms with van der Waals surface area (Å²) >= 11 is 1.64. The molecule has 6 nitrogen and oxygen atoms in total. The number of carbonyl (C=O) groups is 1. The van der Waals surface area contributed by atoms with Crippen molar-refractivity contribution in [3.8, 4) is 0 Å². The molecular formula is C19H21N3O3S. The minimum absolute atomic E-state index is 0.0996. The van der Waals surface area contributed by atoms with Crippen molar-refractivity contribution in [2.24, 2.45) is 0 Å². The molecule has 0 spiro atoms. The smallest absolute Gasteiger partial charge is 0.287 e. The van der Waals surface area contributed by atoms with Gasteiger partial charge in [0.25, 0.3) is 11.5 Å². The lowest BCUT2D eigenvalue weighted by Crippen LogP contribution is -2.34. The summed E-state index contributed by atoms with van der Waals surface area (Å²) in [6.07, 6.45) is 1.69. The number of likely N-dealkylation sites (N-methyl/N-ethyl adjacent to an activating group) is 1. The highest BCUT2D eigenvalue weighted by Crippen LogP contribution is 2.20. The van der Waals surface area contributed by atoms with Crippen LogP contribution in [0.3, 0.4) is 0 Å². The Labute approximate surface area is 155 Å². The lowest BCUT2D eigenvalue weighted by molar-refractivity contribution is 0.0912. The van der Waals surface area contributed by atoms with Crippen LogP contribution in [0.1, 0.15) is 27.9 Å². The van der Waals surface area contributed by atoms with E-state index in [2.05, 4.69) is 21.7 Å². The van der Waals surface area contributed by atoms with Gasteiger partial charge in [-0.25, -0.2) is 0 Å².